The Labute approximate surface area is 319 Å². The Morgan fingerprint density at radius 3 is 1.69 bits per heavy atom. The summed E-state index contributed by atoms with van der Waals surface area (Å²) in [6.07, 6.45) is 7.75. The van der Waals surface area contributed by atoms with Crippen LogP contribution in [-0.2, 0) is 0 Å². The van der Waals surface area contributed by atoms with Crippen molar-refractivity contribution in [3.63, 3.8) is 0 Å². The van der Waals surface area contributed by atoms with Crippen LogP contribution in [0.4, 0.5) is 11.4 Å². The molecular formula is C51H34N4. The molecule has 1 unspecified atom stereocenters. The van der Waals surface area contributed by atoms with E-state index in [-0.39, 0.29) is 5.92 Å². The third kappa shape index (κ3) is 5.18. The average Bonchev–Trinajstić information content (AvgIpc) is 3.61. The maximum absolute atomic E-state index is 5.05. The van der Waals surface area contributed by atoms with Crippen molar-refractivity contribution < 1.29 is 0 Å². The highest BCUT2D eigenvalue weighted by Crippen LogP contribution is 2.54. The number of fused-ring (bicyclic) bond motifs is 9. The van der Waals surface area contributed by atoms with Crippen LogP contribution in [0.3, 0.4) is 0 Å². The Balaban J connectivity index is 1.08. The van der Waals surface area contributed by atoms with E-state index in [9.17, 15) is 0 Å². The second-order valence-electron chi connectivity index (χ2n) is 14.3. The van der Waals surface area contributed by atoms with Crippen molar-refractivity contribution in [2.75, 3.05) is 4.90 Å². The molecule has 4 nitrogen and oxygen atoms in total. The molecule has 1 aliphatic heterocycles. The van der Waals surface area contributed by atoms with E-state index < -0.39 is 0 Å². The van der Waals surface area contributed by atoms with E-state index in [1.165, 1.54) is 60.4 Å². The molecule has 0 bridgehead atoms. The number of allylic oxidation sites excluding steroid dienone is 4. The summed E-state index contributed by atoms with van der Waals surface area (Å²) in [6, 6.07) is 60.4. The molecule has 0 amide bonds. The molecule has 55 heavy (non-hydrogen) atoms. The molecule has 8 aromatic carbocycles. The van der Waals surface area contributed by atoms with Gasteiger partial charge < -0.3 is 4.90 Å². The van der Waals surface area contributed by atoms with Gasteiger partial charge in [0.15, 0.2) is 17.5 Å². The molecule has 11 rings (SSSR count). The minimum Gasteiger partial charge on any atom is -0.313 e. The fourth-order valence-corrected chi connectivity index (χ4v) is 8.69. The molecule has 4 heteroatoms. The summed E-state index contributed by atoms with van der Waals surface area (Å²) in [4.78, 5) is 17.5. The zero-order valence-electron chi connectivity index (χ0n) is 30.0. The monoisotopic (exact) mass is 702 g/mol. The van der Waals surface area contributed by atoms with E-state index in [1.807, 2.05) is 60.7 Å². The van der Waals surface area contributed by atoms with Gasteiger partial charge in [-0.2, -0.15) is 0 Å². The van der Waals surface area contributed by atoms with E-state index in [2.05, 4.69) is 132 Å². The van der Waals surface area contributed by atoms with E-state index in [1.54, 1.807) is 0 Å². The summed E-state index contributed by atoms with van der Waals surface area (Å²) in [6.45, 7) is 0. The van der Waals surface area contributed by atoms with E-state index in [0.717, 1.165) is 28.8 Å². The van der Waals surface area contributed by atoms with Crippen LogP contribution in [0.1, 0.15) is 17.9 Å². The maximum Gasteiger partial charge on any atom is 0.164 e. The minimum absolute atomic E-state index is 0.241. The number of hydrogen-bond donors (Lipinski definition) is 0. The molecular weight excluding hydrogens is 669 g/mol. The smallest absolute Gasteiger partial charge is 0.164 e. The third-order valence-electron chi connectivity index (χ3n) is 11.2. The van der Waals surface area contributed by atoms with Crippen LogP contribution in [0.25, 0.3) is 77.6 Å². The molecule has 0 fully saturated rings. The second kappa shape index (κ2) is 12.8. The van der Waals surface area contributed by atoms with Crippen molar-refractivity contribution in [2.24, 2.45) is 0 Å². The maximum atomic E-state index is 5.05. The molecule has 1 aliphatic carbocycles. The fraction of sp³-hybridized carbons (Fsp3) is 0.0392. The number of nitrogens with zero attached hydrogens (tertiary/aromatic N) is 4. The summed E-state index contributed by atoms with van der Waals surface area (Å²) in [7, 11) is 0. The summed E-state index contributed by atoms with van der Waals surface area (Å²) < 4.78 is 0. The molecule has 258 valence electrons. The lowest BCUT2D eigenvalue weighted by atomic mass is 9.86. The first-order valence-corrected chi connectivity index (χ1v) is 18.9. The normalized spacial score (nSPS) is 14.7. The van der Waals surface area contributed by atoms with Crippen LogP contribution < -0.4 is 4.90 Å². The van der Waals surface area contributed by atoms with Gasteiger partial charge in [0.1, 0.15) is 0 Å². The first-order chi connectivity index (χ1) is 27.3. The van der Waals surface area contributed by atoms with Crippen molar-refractivity contribution in [1.82, 2.24) is 15.0 Å². The van der Waals surface area contributed by atoms with E-state index >= 15 is 0 Å². The zero-order chi connectivity index (χ0) is 36.3. The third-order valence-corrected chi connectivity index (χ3v) is 11.2. The van der Waals surface area contributed by atoms with Gasteiger partial charge in [-0.1, -0.05) is 158 Å². The molecule has 1 aromatic heterocycles. The summed E-state index contributed by atoms with van der Waals surface area (Å²) in [5, 5.41) is 7.72. The highest BCUT2D eigenvalue weighted by Gasteiger charge is 2.36. The van der Waals surface area contributed by atoms with Crippen LogP contribution in [0, 0.1) is 0 Å². The molecule has 2 aliphatic rings. The quantitative estimate of drug-likeness (QED) is 0.167. The highest BCUT2D eigenvalue weighted by molar-refractivity contribution is 6.22. The Bertz CT molecular complexity index is 2950. The van der Waals surface area contributed by atoms with Crippen molar-refractivity contribution in [2.45, 2.75) is 12.3 Å². The predicted octanol–water partition coefficient (Wildman–Crippen LogP) is 13.1. The first-order valence-electron chi connectivity index (χ1n) is 18.9. The van der Waals surface area contributed by atoms with Crippen molar-refractivity contribution in [1.29, 1.82) is 0 Å². The van der Waals surface area contributed by atoms with E-state index in [0.29, 0.717) is 17.5 Å². The van der Waals surface area contributed by atoms with Crippen molar-refractivity contribution >= 4 is 43.7 Å². The number of anilines is 2. The lowest BCUT2D eigenvalue weighted by Gasteiger charge is -2.25. The number of hydrogen-bond acceptors (Lipinski definition) is 4. The number of aromatic nitrogens is 3. The summed E-state index contributed by atoms with van der Waals surface area (Å²) >= 11 is 0. The van der Waals surface area contributed by atoms with Gasteiger partial charge in [-0.05, 0) is 85.8 Å². The number of rotatable bonds is 5. The van der Waals surface area contributed by atoms with Crippen LogP contribution in [0.15, 0.2) is 194 Å². The molecule has 9 aromatic rings. The lowest BCUT2D eigenvalue weighted by Crippen LogP contribution is -2.14. The topological polar surface area (TPSA) is 41.9 Å². The predicted molar refractivity (Wildman–Crippen MR) is 227 cm³/mol. The van der Waals surface area contributed by atoms with Crippen LogP contribution >= 0.6 is 0 Å². The molecule has 0 spiro atoms. The van der Waals surface area contributed by atoms with Gasteiger partial charge in [0.05, 0.1) is 5.69 Å². The molecule has 0 saturated heterocycles. The Morgan fingerprint density at radius 2 is 0.982 bits per heavy atom. The largest absolute Gasteiger partial charge is 0.313 e. The van der Waals surface area contributed by atoms with Crippen LogP contribution in [0.5, 0.6) is 0 Å². The zero-order valence-corrected chi connectivity index (χ0v) is 30.0. The van der Waals surface area contributed by atoms with Crippen molar-refractivity contribution in [3.8, 4) is 45.3 Å². The first kappa shape index (κ1) is 31.4. The molecule has 0 saturated carbocycles. The number of benzene rings is 8. The van der Waals surface area contributed by atoms with Crippen LogP contribution in [0.2, 0.25) is 0 Å². The Hall–Kier alpha value is -7.17. The summed E-state index contributed by atoms with van der Waals surface area (Å²) in [5.74, 6) is 2.20. The van der Waals surface area contributed by atoms with Gasteiger partial charge in [-0.3, -0.25) is 0 Å². The van der Waals surface area contributed by atoms with Gasteiger partial charge in [-0.25, -0.2) is 15.0 Å². The molecule has 0 radical (unpaired) electrons. The SMILES string of the molecule is C1=CCC2C(=C1)N(c1cccc(-c3nc(-c4ccccc4)nc(-c4ccccc4)n3)c1)c1ccc3c(ccc4c5ccccc5c(-c5ccccc5)cc34)c12. The second-order valence-corrected chi connectivity index (χ2v) is 14.3. The summed E-state index contributed by atoms with van der Waals surface area (Å²) in [5.41, 5.74) is 10.3. The van der Waals surface area contributed by atoms with Crippen LogP contribution in [-0.4, -0.2) is 15.0 Å². The van der Waals surface area contributed by atoms with Gasteiger partial charge in [-0.15, -0.1) is 0 Å². The minimum atomic E-state index is 0.241. The van der Waals surface area contributed by atoms with Gasteiger partial charge in [0.2, 0.25) is 0 Å². The van der Waals surface area contributed by atoms with Gasteiger partial charge in [0.25, 0.3) is 0 Å². The van der Waals surface area contributed by atoms with Crippen molar-refractivity contribution in [3.05, 3.63) is 199 Å². The van der Waals surface area contributed by atoms with E-state index in [4.69, 9.17) is 15.0 Å². The van der Waals surface area contributed by atoms with Gasteiger partial charge in [0, 0.05) is 34.0 Å². The molecule has 0 N–H and O–H groups in total. The standard InChI is InChI=1S/C51H34N4/c1-4-15-33(16-5-1)44-32-45-40(38-23-10-11-24-39(38)44)27-28-42-41(45)29-30-47-48(42)43-25-12-13-26-46(43)55(47)37-22-14-21-36(31-37)51-53-49(34-17-6-2-7-18-34)52-50(54-51)35-19-8-3-9-20-35/h1-24,26-32,43H,25H2. The molecule has 1 atom stereocenters. The van der Waals surface area contributed by atoms with Gasteiger partial charge >= 0.3 is 0 Å². The Morgan fingerprint density at radius 1 is 0.436 bits per heavy atom. The fourth-order valence-electron chi connectivity index (χ4n) is 8.69. The Kier molecular flexibility index (Phi) is 7.27. The molecule has 2 heterocycles. The highest BCUT2D eigenvalue weighted by atomic mass is 15.2. The average molecular weight is 703 g/mol. The lowest BCUT2D eigenvalue weighted by molar-refractivity contribution is 0.825.